The molecule has 0 unspecified atom stereocenters. The van der Waals surface area contributed by atoms with E-state index in [4.69, 9.17) is 9.47 Å². The Balaban J connectivity index is 1.49. The van der Waals surface area contributed by atoms with Gasteiger partial charge in [0.15, 0.2) is 23.4 Å². The maximum absolute atomic E-state index is 12.7. The normalized spacial score (nSPS) is 18.4. The molecule has 8 nitrogen and oxygen atoms in total. The molecule has 2 aliphatic heterocycles. The number of imide groups is 1. The third-order valence-electron chi connectivity index (χ3n) is 5.07. The van der Waals surface area contributed by atoms with Crippen molar-refractivity contribution in [2.75, 3.05) is 19.7 Å². The van der Waals surface area contributed by atoms with Crippen molar-refractivity contribution in [1.82, 2.24) is 14.8 Å². The van der Waals surface area contributed by atoms with Gasteiger partial charge in [0.25, 0.3) is 0 Å². The number of hydrogen-bond acceptors (Lipinski definition) is 5. The fourth-order valence-electron chi connectivity index (χ4n) is 3.57. The van der Waals surface area contributed by atoms with Crippen LogP contribution in [0.1, 0.15) is 21.7 Å². The summed E-state index contributed by atoms with van der Waals surface area (Å²) in [6.45, 7) is 4.39. The van der Waals surface area contributed by atoms with Gasteiger partial charge in [0.2, 0.25) is 5.91 Å². The zero-order valence-electron chi connectivity index (χ0n) is 15.7. The SMILES string of the molecule is Cc1cc(C(=O)CN2C(=O)CNC2=O)c(C)n1C[C@@H]1COc2ccccc2O1. The number of amides is 3. The number of fused-ring (bicyclic) bond motifs is 1. The standard InChI is InChI=1S/C20H21N3O5/c1-12-7-15(16(24)10-23-19(25)8-21-20(23)26)13(2)22(12)9-14-11-27-17-5-3-4-6-18(17)28-14/h3-7,14H,8-11H2,1-2H3,(H,21,26)/t14-/m1/s1. The fourth-order valence-corrected chi connectivity index (χ4v) is 3.57. The third-order valence-corrected chi connectivity index (χ3v) is 5.07. The van der Waals surface area contributed by atoms with Crippen LogP contribution < -0.4 is 14.8 Å². The number of carbonyl (C=O) groups is 3. The van der Waals surface area contributed by atoms with Crippen LogP contribution >= 0.6 is 0 Å². The first-order chi connectivity index (χ1) is 13.4. The van der Waals surface area contributed by atoms with Crippen molar-refractivity contribution < 1.29 is 23.9 Å². The number of urea groups is 1. The topological polar surface area (TPSA) is 89.9 Å². The molecule has 2 aromatic rings. The van der Waals surface area contributed by atoms with Crippen LogP contribution in [0.2, 0.25) is 0 Å². The zero-order valence-corrected chi connectivity index (χ0v) is 15.7. The van der Waals surface area contributed by atoms with Gasteiger partial charge in [0.05, 0.1) is 19.6 Å². The minimum absolute atomic E-state index is 0.0639. The fraction of sp³-hybridized carbons (Fsp3) is 0.350. The van der Waals surface area contributed by atoms with Crippen LogP contribution in [0.4, 0.5) is 4.79 Å². The largest absolute Gasteiger partial charge is 0.486 e. The molecular formula is C20H21N3O5. The van der Waals surface area contributed by atoms with E-state index >= 15 is 0 Å². The molecule has 4 rings (SSSR count). The molecule has 1 atom stereocenters. The molecule has 0 spiro atoms. The lowest BCUT2D eigenvalue weighted by Crippen LogP contribution is -2.36. The first-order valence-electron chi connectivity index (χ1n) is 9.10. The predicted molar refractivity (Wildman–Crippen MR) is 99.7 cm³/mol. The minimum atomic E-state index is -0.529. The summed E-state index contributed by atoms with van der Waals surface area (Å²) in [6, 6.07) is 8.77. The van der Waals surface area contributed by atoms with E-state index in [9.17, 15) is 14.4 Å². The van der Waals surface area contributed by atoms with E-state index in [-0.39, 0.29) is 25.0 Å². The third kappa shape index (κ3) is 3.21. The monoisotopic (exact) mass is 383 g/mol. The highest BCUT2D eigenvalue weighted by molar-refractivity contribution is 6.08. The number of nitrogens with zero attached hydrogens (tertiary/aromatic N) is 2. The van der Waals surface area contributed by atoms with Crippen molar-refractivity contribution in [2.45, 2.75) is 26.5 Å². The molecule has 1 saturated heterocycles. The number of ketones is 1. The Kier molecular flexibility index (Phi) is 4.54. The van der Waals surface area contributed by atoms with Gasteiger partial charge in [-0.1, -0.05) is 12.1 Å². The van der Waals surface area contributed by atoms with E-state index in [0.29, 0.717) is 24.5 Å². The molecule has 1 aromatic carbocycles. The Bertz CT molecular complexity index is 949. The van der Waals surface area contributed by atoms with E-state index in [2.05, 4.69) is 5.32 Å². The molecule has 1 N–H and O–H groups in total. The molecule has 0 aliphatic carbocycles. The van der Waals surface area contributed by atoms with Gasteiger partial charge in [-0.3, -0.25) is 14.5 Å². The number of para-hydroxylation sites is 2. The van der Waals surface area contributed by atoms with Gasteiger partial charge in [-0.05, 0) is 32.0 Å². The number of aryl methyl sites for hydroxylation is 1. The second kappa shape index (κ2) is 7.03. The summed E-state index contributed by atoms with van der Waals surface area (Å²) >= 11 is 0. The molecule has 0 saturated carbocycles. The smallest absolute Gasteiger partial charge is 0.325 e. The highest BCUT2D eigenvalue weighted by Gasteiger charge is 2.31. The molecule has 3 amide bonds. The lowest BCUT2D eigenvalue weighted by Gasteiger charge is -2.27. The number of ether oxygens (including phenoxy) is 2. The van der Waals surface area contributed by atoms with E-state index in [1.807, 2.05) is 42.7 Å². The summed E-state index contributed by atoms with van der Waals surface area (Å²) in [5.74, 6) is 0.773. The van der Waals surface area contributed by atoms with Crippen LogP contribution in [0.15, 0.2) is 30.3 Å². The van der Waals surface area contributed by atoms with Gasteiger partial charge in [-0.15, -0.1) is 0 Å². The maximum atomic E-state index is 12.7. The minimum Gasteiger partial charge on any atom is -0.486 e. The summed E-state index contributed by atoms with van der Waals surface area (Å²) in [5, 5.41) is 2.42. The summed E-state index contributed by atoms with van der Waals surface area (Å²) in [7, 11) is 0. The van der Waals surface area contributed by atoms with E-state index in [1.165, 1.54) is 0 Å². The molecule has 2 aliphatic rings. The van der Waals surface area contributed by atoms with Crippen molar-refractivity contribution in [2.24, 2.45) is 0 Å². The Morgan fingerprint density at radius 3 is 2.68 bits per heavy atom. The molecule has 1 aromatic heterocycles. The van der Waals surface area contributed by atoms with Gasteiger partial charge in [0, 0.05) is 17.0 Å². The maximum Gasteiger partial charge on any atom is 0.325 e. The molecule has 3 heterocycles. The zero-order chi connectivity index (χ0) is 19.8. The highest BCUT2D eigenvalue weighted by Crippen LogP contribution is 2.31. The summed E-state index contributed by atoms with van der Waals surface area (Å²) in [5.41, 5.74) is 2.18. The van der Waals surface area contributed by atoms with Crippen molar-refractivity contribution in [1.29, 1.82) is 0 Å². The molecule has 8 heteroatoms. The van der Waals surface area contributed by atoms with Crippen LogP contribution in [0.5, 0.6) is 11.5 Å². The number of hydrogen-bond donors (Lipinski definition) is 1. The van der Waals surface area contributed by atoms with Gasteiger partial charge in [-0.25, -0.2) is 4.79 Å². The van der Waals surface area contributed by atoms with Crippen LogP contribution in [0.3, 0.4) is 0 Å². The highest BCUT2D eigenvalue weighted by atomic mass is 16.6. The number of carbonyl (C=O) groups excluding carboxylic acids is 3. The predicted octanol–water partition coefficient (Wildman–Crippen LogP) is 1.68. The first-order valence-corrected chi connectivity index (χ1v) is 9.10. The molecule has 146 valence electrons. The van der Waals surface area contributed by atoms with Crippen molar-refractivity contribution in [3.8, 4) is 11.5 Å². The Morgan fingerprint density at radius 2 is 1.96 bits per heavy atom. The molecular weight excluding hydrogens is 362 g/mol. The van der Waals surface area contributed by atoms with Gasteiger partial charge < -0.3 is 19.4 Å². The average molecular weight is 383 g/mol. The Hall–Kier alpha value is -3.29. The van der Waals surface area contributed by atoms with E-state index in [0.717, 1.165) is 22.0 Å². The molecule has 1 fully saturated rings. The Morgan fingerprint density at radius 1 is 1.21 bits per heavy atom. The first kappa shape index (κ1) is 18.1. The van der Waals surface area contributed by atoms with Crippen molar-refractivity contribution in [3.05, 3.63) is 47.3 Å². The molecule has 28 heavy (non-hydrogen) atoms. The van der Waals surface area contributed by atoms with Crippen LogP contribution in [-0.4, -0.2) is 53.0 Å². The number of rotatable bonds is 5. The van der Waals surface area contributed by atoms with Crippen LogP contribution in [-0.2, 0) is 11.3 Å². The van der Waals surface area contributed by atoms with Gasteiger partial charge in [-0.2, -0.15) is 0 Å². The van der Waals surface area contributed by atoms with E-state index < -0.39 is 11.9 Å². The quantitative estimate of drug-likeness (QED) is 0.627. The Labute approximate surface area is 162 Å². The summed E-state index contributed by atoms with van der Waals surface area (Å²) in [6.07, 6.45) is -0.186. The number of aromatic nitrogens is 1. The molecule has 0 bridgehead atoms. The van der Waals surface area contributed by atoms with Gasteiger partial charge >= 0.3 is 6.03 Å². The van der Waals surface area contributed by atoms with Gasteiger partial charge in [0.1, 0.15) is 6.61 Å². The summed E-state index contributed by atoms with van der Waals surface area (Å²) in [4.78, 5) is 37.0. The lowest BCUT2D eigenvalue weighted by molar-refractivity contribution is -0.124. The van der Waals surface area contributed by atoms with Crippen molar-refractivity contribution >= 4 is 17.7 Å². The van der Waals surface area contributed by atoms with E-state index in [1.54, 1.807) is 6.07 Å². The van der Waals surface area contributed by atoms with Crippen LogP contribution in [0, 0.1) is 13.8 Å². The summed E-state index contributed by atoms with van der Waals surface area (Å²) < 4.78 is 13.8. The number of benzene rings is 1. The lowest BCUT2D eigenvalue weighted by atomic mass is 10.1. The second-order valence-corrected chi connectivity index (χ2v) is 6.95. The molecule has 0 radical (unpaired) electrons. The average Bonchev–Trinajstić information content (AvgIpc) is 3.15. The number of Topliss-reactive ketones (excluding diaryl/α,β-unsaturated/α-hetero) is 1. The number of nitrogens with one attached hydrogen (secondary N) is 1. The second-order valence-electron chi connectivity index (χ2n) is 6.95. The van der Waals surface area contributed by atoms with Crippen molar-refractivity contribution in [3.63, 3.8) is 0 Å². The van der Waals surface area contributed by atoms with Crippen LogP contribution in [0.25, 0.3) is 0 Å².